The summed E-state index contributed by atoms with van der Waals surface area (Å²) in [7, 11) is 0. The van der Waals surface area contributed by atoms with Crippen molar-refractivity contribution in [2.24, 2.45) is 0 Å². The average Bonchev–Trinajstić information content (AvgIpc) is 3.13. The number of carboxylic acids is 2. The molecule has 0 aliphatic rings. The Morgan fingerprint density at radius 3 is 0.472 bits per heavy atom. The van der Waals surface area contributed by atoms with Crippen molar-refractivity contribution in [3.63, 3.8) is 0 Å². The van der Waals surface area contributed by atoms with Gasteiger partial charge in [-0.1, -0.05) is 271 Å². The molecule has 314 valence electrons. The topological polar surface area (TPSA) is 80.3 Å². The Balaban J connectivity index is -0.000000926. The second-order valence-corrected chi connectivity index (χ2v) is 16.4. The number of carbonyl (C=O) groups excluding carboxylic acids is 2. The molecule has 0 fully saturated rings. The zero-order valence-electron chi connectivity index (χ0n) is 36.2. The number of carbonyl (C=O) groups is 2. The van der Waals surface area contributed by atoms with E-state index in [1.807, 2.05) is 0 Å². The van der Waals surface area contributed by atoms with Crippen LogP contribution in [0.25, 0.3) is 0 Å². The first-order valence-electron chi connectivity index (χ1n) is 23.9. The van der Waals surface area contributed by atoms with E-state index >= 15 is 0 Å². The Bertz CT molecular complexity index is 614. The van der Waals surface area contributed by atoms with E-state index in [9.17, 15) is 19.8 Å². The maximum atomic E-state index is 10.3. The normalized spacial score (nSPS) is 10.9. The molecule has 0 radical (unpaired) electrons. The van der Waals surface area contributed by atoms with Gasteiger partial charge in [-0.2, -0.15) is 0 Å². The van der Waals surface area contributed by atoms with Crippen molar-refractivity contribution in [1.82, 2.24) is 0 Å². The van der Waals surface area contributed by atoms with Gasteiger partial charge < -0.3 is 19.8 Å². The first kappa shape index (κ1) is 57.1. The molecule has 0 aromatic rings. The molecule has 0 saturated heterocycles. The van der Waals surface area contributed by atoms with Gasteiger partial charge in [0.05, 0.1) is 0 Å². The maximum Gasteiger partial charge on any atom is 2.00 e. The predicted octanol–water partition coefficient (Wildman–Crippen LogP) is 14.7. The molecule has 0 saturated carbocycles. The summed E-state index contributed by atoms with van der Waals surface area (Å²) in [6.45, 7) is 4.57. The van der Waals surface area contributed by atoms with E-state index in [0.29, 0.717) is 0 Å². The van der Waals surface area contributed by atoms with Gasteiger partial charge in [-0.05, 0) is 25.7 Å². The quantitative estimate of drug-likeness (QED) is 0.0573. The van der Waals surface area contributed by atoms with Crippen LogP contribution in [0.1, 0.15) is 296 Å². The van der Waals surface area contributed by atoms with Gasteiger partial charge in [-0.15, -0.1) is 0 Å². The van der Waals surface area contributed by atoms with Crippen molar-refractivity contribution in [2.45, 2.75) is 296 Å². The second kappa shape index (κ2) is 53.9. The largest absolute Gasteiger partial charge is 2.00 e. The van der Waals surface area contributed by atoms with Gasteiger partial charge in [0.15, 0.2) is 0 Å². The summed E-state index contributed by atoms with van der Waals surface area (Å²) in [6.07, 6.45) is 57.4. The van der Waals surface area contributed by atoms with Crippen LogP contribution in [0.5, 0.6) is 0 Å². The fourth-order valence-electron chi connectivity index (χ4n) is 7.40. The minimum Gasteiger partial charge on any atom is -0.550 e. The van der Waals surface area contributed by atoms with Crippen molar-refractivity contribution >= 4 is 11.9 Å². The van der Waals surface area contributed by atoms with Gasteiger partial charge in [0, 0.05) is 11.9 Å². The fourth-order valence-corrected chi connectivity index (χ4v) is 7.40. The minimum atomic E-state index is -0.900. The van der Waals surface area contributed by atoms with Crippen LogP contribution in [0, 0.1) is 0 Å². The third-order valence-electron chi connectivity index (χ3n) is 11.0. The van der Waals surface area contributed by atoms with Gasteiger partial charge in [-0.25, -0.2) is 0 Å². The Hall–Kier alpha value is -0.177. The summed E-state index contributed by atoms with van der Waals surface area (Å²) >= 11 is 0. The summed E-state index contributed by atoms with van der Waals surface area (Å²) in [4.78, 5) is 20.6. The molecule has 5 heteroatoms. The number of hydrogen-bond acceptors (Lipinski definition) is 4. The van der Waals surface area contributed by atoms with Crippen LogP contribution < -0.4 is 10.2 Å². The molecule has 0 heterocycles. The van der Waals surface area contributed by atoms with Crippen molar-refractivity contribution in [3.8, 4) is 0 Å². The standard InChI is InChI=1S/2C24H48O2.Zr/c2*1-2-3-4-5-6-7-8-9-10-11-12-13-14-15-16-17-18-19-20-21-22-23-24(25)26;/h2*2-23H2,1H3,(H,25,26);/q;;+2/p-2. The summed E-state index contributed by atoms with van der Waals surface area (Å²) in [6, 6.07) is 0. The van der Waals surface area contributed by atoms with Crippen LogP contribution in [0.2, 0.25) is 0 Å². The van der Waals surface area contributed by atoms with E-state index in [1.165, 1.54) is 244 Å². The van der Waals surface area contributed by atoms with Crippen LogP contribution in [0.3, 0.4) is 0 Å². The van der Waals surface area contributed by atoms with Gasteiger partial charge in [-0.3, -0.25) is 0 Å². The summed E-state index contributed by atoms with van der Waals surface area (Å²) < 4.78 is 0. The van der Waals surface area contributed by atoms with Crippen molar-refractivity contribution in [2.75, 3.05) is 0 Å². The first-order valence-corrected chi connectivity index (χ1v) is 23.9. The molecule has 0 atom stereocenters. The molecule has 0 aliphatic carbocycles. The molecule has 0 aliphatic heterocycles. The number of carboxylic acid groups (broad SMARTS) is 2. The third-order valence-corrected chi connectivity index (χ3v) is 11.0. The SMILES string of the molecule is CCCCCCCCCCCCCCCCCCCCCCCC(=O)[O-].CCCCCCCCCCCCCCCCCCCCCCCC(=O)[O-].[Zr+2]. The van der Waals surface area contributed by atoms with Crippen molar-refractivity contribution in [3.05, 3.63) is 0 Å². The van der Waals surface area contributed by atoms with Crippen LogP contribution >= 0.6 is 0 Å². The van der Waals surface area contributed by atoms with Crippen LogP contribution in [0.4, 0.5) is 0 Å². The van der Waals surface area contributed by atoms with E-state index in [4.69, 9.17) is 0 Å². The Morgan fingerprint density at radius 2 is 0.358 bits per heavy atom. The van der Waals surface area contributed by atoms with Gasteiger partial charge in [0.2, 0.25) is 0 Å². The van der Waals surface area contributed by atoms with E-state index in [0.717, 1.165) is 25.7 Å². The maximum absolute atomic E-state index is 10.3. The summed E-state index contributed by atoms with van der Waals surface area (Å²) in [5.41, 5.74) is 0. The Morgan fingerprint density at radius 1 is 0.245 bits per heavy atom. The zero-order chi connectivity index (χ0) is 38.3. The summed E-state index contributed by atoms with van der Waals surface area (Å²) in [5.74, 6) is -1.80. The fraction of sp³-hybridized carbons (Fsp3) is 0.958. The van der Waals surface area contributed by atoms with E-state index in [2.05, 4.69) is 13.8 Å². The smallest absolute Gasteiger partial charge is 0.550 e. The van der Waals surface area contributed by atoms with Crippen molar-refractivity contribution < 1.29 is 46.0 Å². The molecular formula is C48H94O4Zr. The summed E-state index contributed by atoms with van der Waals surface area (Å²) in [5, 5.41) is 20.6. The first-order chi connectivity index (χ1) is 25.5. The molecule has 0 aromatic heterocycles. The molecule has 0 rings (SSSR count). The second-order valence-electron chi connectivity index (χ2n) is 16.4. The number of aliphatic carboxylic acids is 2. The van der Waals surface area contributed by atoms with Crippen LogP contribution in [0.15, 0.2) is 0 Å². The average molecular weight is 826 g/mol. The third kappa shape index (κ3) is 61.3. The monoisotopic (exact) mass is 825 g/mol. The number of rotatable bonds is 44. The van der Waals surface area contributed by atoms with E-state index in [1.54, 1.807) is 0 Å². The van der Waals surface area contributed by atoms with Crippen molar-refractivity contribution in [1.29, 1.82) is 0 Å². The molecule has 53 heavy (non-hydrogen) atoms. The minimum absolute atomic E-state index is 0. The van der Waals surface area contributed by atoms with E-state index < -0.39 is 11.9 Å². The molecule has 0 spiro atoms. The van der Waals surface area contributed by atoms with Gasteiger partial charge >= 0.3 is 26.2 Å². The Kier molecular flexibility index (Phi) is 58.1. The molecule has 4 nitrogen and oxygen atoms in total. The van der Waals surface area contributed by atoms with Gasteiger partial charge in [0.1, 0.15) is 0 Å². The van der Waals surface area contributed by atoms with Crippen LogP contribution in [-0.4, -0.2) is 11.9 Å². The molecular weight excluding hydrogens is 732 g/mol. The zero-order valence-corrected chi connectivity index (χ0v) is 38.7. The Labute approximate surface area is 352 Å². The molecule has 0 N–H and O–H groups in total. The predicted molar refractivity (Wildman–Crippen MR) is 225 cm³/mol. The number of hydrogen-bond donors (Lipinski definition) is 0. The van der Waals surface area contributed by atoms with Gasteiger partial charge in [0.25, 0.3) is 0 Å². The molecule has 0 unspecified atom stereocenters. The molecule has 0 amide bonds. The van der Waals surface area contributed by atoms with E-state index in [-0.39, 0.29) is 39.0 Å². The number of unbranched alkanes of at least 4 members (excludes halogenated alkanes) is 40. The molecule has 0 bridgehead atoms. The molecule has 0 aromatic carbocycles. The van der Waals surface area contributed by atoms with Crippen LogP contribution in [-0.2, 0) is 35.8 Å².